The van der Waals surface area contributed by atoms with Gasteiger partial charge in [0, 0.05) is 31.8 Å². The molecule has 0 unspecified atom stereocenters. The molecule has 8 nitrogen and oxygen atoms in total. The number of carbonyl (C=O) groups excluding carboxylic acids is 2. The lowest BCUT2D eigenvalue weighted by Crippen LogP contribution is -2.55. The van der Waals surface area contributed by atoms with Crippen LogP contribution in [0.1, 0.15) is 36.3 Å². The number of aliphatic carboxylic acids is 1. The fourth-order valence-corrected chi connectivity index (χ4v) is 5.28. The summed E-state index contributed by atoms with van der Waals surface area (Å²) in [5, 5.41) is 22.1. The minimum atomic E-state index is -1.81. The molecule has 0 aromatic heterocycles. The summed E-state index contributed by atoms with van der Waals surface area (Å²) in [7, 11) is 0. The lowest BCUT2D eigenvalue weighted by atomic mass is 9.91. The molecule has 1 aliphatic carbocycles. The quantitative estimate of drug-likeness (QED) is 0.512. The van der Waals surface area contributed by atoms with Crippen LogP contribution in [0.4, 0.5) is 4.79 Å². The number of hydrogen-bond donors (Lipinski definition) is 3. The number of hydrogen-bond acceptors (Lipinski definition) is 6. The number of thioether (sulfide) groups is 1. The Morgan fingerprint density at radius 2 is 1.66 bits per heavy atom. The highest BCUT2D eigenvalue weighted by Crippen LogP contribution is 2.44. The second kappa shape index (κ2) is 10.7. The van der Waals surface area contributed by atoms with Gasteiger partial charge in [-0.2, -0.15) is 11.8 Å². The maximum atomic E-state index is 13.1. The number of alkyl carbamates (subject to hydrolysis) is 1. The average molecular weight is 499 g/mol. The summed E-state index contributed by atoms with van der Waals surface area (Å²) in [5.74, 6) is -0.989. The molecule has 1 aliphatic heterocycles. The van der Waals surface area contributed by atoms with Gasteiger partial charge in [0.2, 0.25) is 5.91 Å². The van der Waals surface area contributed by atoms with E-state index in [0.29, 0.717) is 12.2 Å². The molecule has 2 amide bonds. The Morgan fingerprint density at radius 1 is 1.09 bits per heavy atom. The summed E-state index contributed by atoms with van der Waals surface area (Å²) in [5.41, 5.74) is 2.67. The number of benzene rings is 2. The molecular formula is C26H30N2O6S. The number of piperidine rings is 1. The van der Waals surface area contributed by atoms with Crippen molar-refractivity contribution in [1.29, 1.82) is 0 Å². The number of fused-ring (bicyclic) bond motifs is 3. The van der Waals surface area contributed by atoms with Gasteiger partial charge in [0.05, 0.1) is 0 Å². The molecule has 0 bridgehead atoms. The third-order valence-corrected chi connectivity index (χ3v) is 7.49. The molecule has 186 valence electrons. The smallest absolute Gasteiger partial charge is 0.407 e. The molecule has 3 N–H and O–H groups in total. The second-order valence-corrected chi connectivity index (χ2v) is 9.95. The van der Waals surface area contributed by atoms with E-state index >= 15 is 0 Å². The zero-order valence-electron chi connectivity index (χ0n) is 19.6. The van der Waals surface area contributed by atoms with Crippen molar-refractivity contribution in [2.24, 2.45) is 0 Å². The molecule has 2 aromatic rings. The predicted molar refractivity (Wildman–Crippen MR) is 133 cm³/mol. The summed E-state index contributed by atoms with van der Waals surface area (Å²) < 4.78 is 5.61. The molecule has 1 saturated heterocycles. The first-order valence-electron chi connectivity index (χ1n) is 11.7. The normalized spacial score (nSPS) is 17.3. The highest BCUT2D eigenvalue weighted by Gasteiger charge is 2.41. The number of amides is 2. The number of aliphatic hydroxyl groups is 1. The molecule has 4 rings (SSSR count). The Labute approximate surface area is 208 Å². The van der Waals surface area contributed by atoms with E-state index in [2.05, 4.69) is 17.4 Å². The van der Waals surface area contributed by atoms with Gasteiger partial charge in [-0.3, -0.25) is 4.79 Å². The topological polar surface area (TPSA) is 116 Å². The van der Waals surface area contributed by atoms with Crippen molar-refractivity contribution < 1.29 is 29.3 Å². The van der Waals surface area contributed by atoms with Gasteiger partial charge < -0.3 is 25.2 Å². The van der Waals surface area contributed by atoms with E-state index in [1.165, 1.54) is 4.90 Å². The largest absolute Gasteiger partial charge is 0.479 e. The number of nitrogens with one attached hydrogen (secondary N) is 1. The first-order valence-corrected chi connectivity index (χ1v) is 13.1. The van der Waals surface area contributed by atoms with Crippen molar-refractivity contribution in [3.63, 3.8) is 0 Å². The molecule has 2 aliphatic rings. The molecule has 2 aromatic carbocycles. The third-order valence-electron chi connectivity index (χ3n) is 6.84. The Balaban J connectivity index is 1.39. The van der Waals surface area contributed by atoms with Crippen molar-refractivity contribution in [2.75, 3.05) is 31.7 Å². The van der Waals surface area contributed by atoms with Gasteiger partial charge in [0.1, 0.15) is 12.6 Å². The lowest BCUT2D eigenvalue weighted by Gasteiger charge is -2.37. The van der Waals surface area contributed by atoms with Gasteiger partial charge in [0.25, 0.3) is 0 Å². The number of carbonyl (C=O) groups is 3. The Morgan fingerprint density at radius 3 is 2.20 bits per heavy atom. The fourth-order valence-electron chi connectivity index (χ4n) is 4.81. The van der Waals surface area contributed by atoms with Crippen LogP contribution in [0.2, 0.25) is 0 Å². The van der Waals surface area contributed by atoms with Crippen molar-refractivity contribution in [3.8, 4) is 11.1 Å². The van der Waals surface area contributed by atoms with Crippen LogP contribution in [0.5, 0.6) is 0 Å². The summed E-state index contributed by atoms with van der Waals surface area (Å²) >= 11 is 1.56. The Hall–Kier alpha value is -3.04. The molecule has 1 heterocycles. The van der Waals surface area contributed by atoms with Crippen LogP contribution in [0.3, 0.4) is 0 Å². The zero-order chi connectivity index (χ0) is 25.0. The predicted octanol–water partition coefficient (Wildman–Crippen LogP) is 3.08. The highest BCUT2D eigenvalue weighted by atomic mass is 32.2. The molecular weight excluding hydrogens is 468 g/mol. The van der Waals surface area contributed by atoms with Gasteiger partial charge in [-0.05, 0) is 40.7 Å². The number of carboxylic acids is 1. The third kappa shape index (κ3) is 5.31. The number of nitrogens with zero attached hydrogens (tertiary/aromatic N) is 1. The highest BCUT2D eigenvalue weighted by molar-refractivity contribution is 7.98. The maximum Gasteiger partial charge on any atom is 0.407 e. The van der Waals surface area contributed by atoms with E-state index < -0.39 is 23.7 Å². The molecule has 0 saturated carbocycles. The monoisotopic (exact) mass is 498 g/mol. The van der Waals surface area contributed by atoms with Crippen LogP contribution in [0.25, 0.3) is 11.1 Å². The molecule has 0 radical (unpaired) electrons. The van der Waals surface area contributed by atoms with E-state index in [-0.39, 0.29) is 44.4 Å². The van der Waals surface area contributed by atoms with Gasteiger partial charge in [-0.15, -0.1) is 0 Å². The van der Waals surface area contributed by atoms with E-state index in [0.717, 1.165) is 22.3 Å². The minimum Gasteiger partial charge on any atom is -0.479 e. The van der Waals surface area contributed by atoms with Gasteiger partial charge >= 0.3 is 12.1 Å². The van der Waals surface area contributed by atoms with E-state index in [1.54, 1.807) is 11.8 Å². The summed E-state index contributed by atoms with van der Waals surface area (Å²) in [6, 6.07) is 15.4. The number of carboxylic acid groups (broad SMARTS) is 1. The van der Waals surface area contributed by atoms with Crippen LogP contribution in [0, 0.1) is 0 Å². The van der Waals surface area contributed by atoms with Crippen molar-refractivity contribution >= 4 is 29.7 Å². The summed E-state index contributed by atoms with van der Waals surface area (Å²) in [6.07, 6.45) is 1.58. The van der Waals surface area contributed by atoms with E-state index in [1.807, 2.05) is 42.7 Å². The molecule has 35 heavy (non-hydrogen) atoms. The first-order chi connectivity index (χ1) is 16.8. The molecule has 9 heteroatoms. The zero-order valence-corrected chi connectivity index (χ0v) is 20.4. The first kappa shape index (κ1) is 25.1. The Kier molecular flexibility index (Phi) is 7.66. The summed E-state index contributed by atoms with van der Waals surface area (Å²) in [6.45, 7) is 0.381. The Bertz CT molecular complexity index is 1050. The summed E-state index contributed by atoms with van der Waals surface area (Å²) in [4.78, 5) is 38.7. The van der Waals surface area contributed by atoms with Gasteiger partial charge in [0.15, 0.2) is 5.60 Å². The van der Waals surface area contributed by atoms with Gasteiger partial charge in [-0.25, -0.2) is 9.59 Å². The number of rotatable bonds is 8. The van der Waals surface area contributed by atoms with Crippen molar-refractivity contribution in [1.82, 2.24) is 10.2 Å². The van der Waals surface area contributed by atoms with E-state index in [4.69, 9.17) is 4.74 Å². The minimum absolute atomic E-state index is 0.0474. The second-order valence-electron chi connectivity index (χ2n) is 8.97. The SMILES string of the molecule is CSCC[C@H](NC(=O)OCC1c2ccccc2-c2ccccc21)C(=O)N1CCC(O)(C(=O)O)CC1. The molecule has 0 spiro atoms. The molecule has 1 atom stereocenters. The van der Waals surface area contributed by atoms with Crippen LogP contribution in [-0.4, -0.2) is 76.4 Å². The maximum absolute atomic E-state index is 13.1. The van der Waals surface area contributed by atoms with Gasteiger partial charge in [-0.1, -0.05) is 48.5 Å². The van der Waals surface area contributed by atoms with Crippen molar-refractivity contribution in [3.05, 3.63) is 59.7 Å². The van der Waals surface area contributed by atoms with Crippen LogP contribution in [-0.2, 0) is 14.3 Å². The number of ether oxygens (including phenoxy) is 1. The standard InChI is InChI=1S/C26H30N2O6S/c1-35-15-10-22(23(29)28-13-11-26(33,12-14-28)24(30)31)27-25(32)34-16-21-19-8-4-2-6-17(19)18-7-3-5-9-20(18)21/h2-9,21-22,33H,10-16H2,1H3,(H,27,32)(H,30,31)/t22-/m0/s1. The van der Waals surface area contributed by atoms with Crippen molar-refractivity contribution in [2.45, 2.75) is 36.8 Å². The van der Waals surface area contributed by atoms with E-state index in [9.17, 15) is 24.6 Å². The lowest BCUT2D eigenvalue weighted by molar-refractivity contribution is -0.165. The molecule has 1 fully saturated rings. The average Bonchev–Trinajstić information content (AvgIpc) is 3.19. The van der Waals surface area contributed by atoms with Crippen LogP contribution >= 0.6 is 11.8 Å². The van der Waals surface area contributed by atoms with Crippen LogP contribution in [0.15, 0.2) is 48.5 Å². The van der Waals surface area contributed by atoms with Crippen LogP contribution < -0.4 is 5.32 Å². The number of likely N-dealkylation sites (tertiary alicyclic amines) is 1. The fraction of sp³-hybridized carbons (Fsp3) is 0.423.